The van der Waals surface area contributed by atoms with Crippen molar-refractivity contribution in [3.8, 4) is 16.9 Å². The summed E-state index contributed by atoms with van der Waals surface area (Å²) in [5, 5.41) is 0. The fraction of sp³-hybridized carbons (Fsp3) is 0.133. The topological polar surface area (TPSA) is 103 Å². The predicted molar refractivity (Wildman–Crippen MR) is 139 cm³/mol. The summed E-state index contributed by atoms with van der Waals surface area (Å²) in [6.45, 7) is 0.218. The number of pyridine rings is 1. The first kappa shape index (κ1) is 26.6. The Bertz CT molecular complexity index is 1590. The van der Waals surface area contributed by atoms with Gasteiger partial charge in [-0.15, -0.1) is 0 Å². The molecule has 2 amide bonds. The highest BCUT2D eigenvalue weighted by molar-refractivity contribution is 5.99. The van der Waals surface area contributed by atoms with Crippen LogP contribution in [0.15, 0.2) is 91.3 Å². The van der Waals surface area contributed by atoms with Gasteiger partial charge < -0.3 is 15.4 Å². The lowest BCUT2D eigenvalue weighted by atomic mass is 9.91. The number of hydrogen-bond acceptors (Lipinski definition) is 5. The highest BCUT2D eigenvalue weighted by Crippen LogP contribution is 2.35. The summed E-state index contributed by atoms with van der Waals surface area (Å²) in [7, 11) is 0. The van der Waals surface area contributed by atoms with Crippen LogP contribution in [0, 0.1) is 0 Å². The van der Waals surface area contributed by atoms with Crippen molar-refractivity contribution in [3.63, 3.8) is 0 Å². The highest BCUT2D eigenvalue weighted by atomic mass is 19.4. The molecule has 0 bridgehead atoms. The smallest absolute Gasteiger partial charge is 0.416 e. The molecule has 4 aromatic rings. The molecule has 2 heterocycles. The fourth-order valence-corrected chi connectivity index (χ4v) is 4.77. The molecule has 1 atom stereocenters. The zero-order valence-corrected chi connectivity index (χ0v) is 20.9. The molecule has 2 N–H and O–H groups in total. The second kappa shape index (κ2) is 10.6. The maximum absolute atomic E-state index is 13.1. The van der Waals surface area contributed by atoms with E-state index in [1.807, 2.05) is 0 Å². The Hall–Kier alpha value is -4.99. The van der Waals surface area contributed by atoms with Crippen LogP contribution in [-0.4, -0.2) is 34.2 Å². The Morgan fingerprint density at radius 1 is 0.925 bits per heavy atom. The number of rotatable bonds is 5. The molecule has 0 radical (unpaired) electrons. The third-order valence-electron chi connectivity index (χ3n) is 6.68. The maximum atomic E-state index is 13.1. The van der Waals surface area contributed by atoms with E-state index in [9.17, 15) is 27.6 Å². The number of ether oxygens (including phenoxy) is 1. The van der Waals surface area contributed by atoms with E-state index in [1.54, 1.807) is 42.5 Å². The van der Waals surface area contributed by atoms with Crippen LogP contribution in [0.4, 0.5) is 13.2 Å². The largest absolute Gasteiger partial charge is 0.423 e. The van der Waals surface area contributed by atoms with E-state index >= 15 is 0 Å². The molecule has 7 nitrogen and oxygen atoms in total. The summed E-state index contributed by atoms with van der Waals surface area (Å²) < 4.78 is 44.6. The lowest BCUT2D eigenvalue weighted by molar-refractivity contribution is -0.137. The number of carbonyl (C=O) groups is 3. The van der Waals surface area contributed by atoms with Crippen LogP contribution in [-0.2, 0) is 17.4 Å². The molecule has 1 aliphatic rings. The molecule has 1 unspecified atom stereocenters. The van der Waals surface area contributed by atoms with Crippen LogP contribution in [0.3, 0.4) is 0 Å². The summed E-state index contributed by atoms with van der Waals surface area (Å²) >= 11 is 0. The number of fused-ring (bicyclic) bond motifs is 1. The van der Waals surface area contributed by atoms with E-state index in [2.05, 4.69) is 4.98 Å². The number of nitrogens with zero attached hydrogens (tertiary/aromatic N) is 2. The number of benzene rings is 3. The standard InChI is InChI=1S/C30H22F3N3O4/c31-30(32,33)21-7-5-18(6-8-21)23-3-1-2-4-25(23)29(39)40-22-9-10-24-20(17-22)13-16-36(26(24)27(34)37)28(38)19-11-14-35-15-12-19/h1-12,14-15,17,26H,13,16H2,(H2,34,37). The molecule has 40 heavy (non-hydrogen) atoms. The van der Waals surface area contributed by atoms with Gasteiger partial charge in [0.2, 0.25) is 5.91 Å². The number of nitrogens with two attached hydrogens (primary N) is 1. The minimum absolute atomic E-state index is 0.170. The Labute approximate surface area is 227 Å². The zero-order chi connectivity index (χ0) is 28.4. The predicted octanol–water partition coefficient (Wildman–Crippen LogP) is 5.21. The molecule has 1 aromatic heterocycles. The van der Waals surface area contributed by atoms with E-state index in [-0.39, 0.29) is 23.8 Å². The van der Waals surface area contributed by atoms with Crippen molar-refractivity contribution in [1.82, 2.24) is 9.88 Å². The minimum Gasteiger partial charge on any atom is -0.423 e. The molecule has 5 rings (SSSR count). The first-order chi connectivity index (χ1) is 19.1. The Morgan fingerprint density at radius 3 is 2.30 bits per heavy atom. The summed E-state index contributed by atoms with van der Waals surface area (Å²) in [5.41, 5.74) is 7.52. The van der Waals surface area contributed by atoms with Crippen molar-refractivity contribution in [1.29, 1.82) is 0 Å². The van der Waals surface area contributed by atoms with Crippen LogP contribution in [0.25, 0.3) is 11.1 Å². The van der Waals surface area contributed by atoms with Gasteiger partial charge in [-0.3, -0.25) is 14.6 Å². The van der Waals surface area contributed by atoms with Gasteiger partial charge in [0, 0.05) is 24.5 Å². The van der Waals surface area contributed by atoms with E-state index in [4.69, 9.17) is 10.5 Å². The summed E-state index contributed by atoms with van der Waals surface area (Å²) in [5.74, 6) is -1.54. The fourth-order valence-electron chi connectivity index (χ4n) is 4.77. The highest BCUT2D eigenvalue weighted by Gasteiger charge is 2.35. The summed E-state index contributed by atoms with van der Waals surface area (Å²) in [6, 6.07) is 17.8. The van der Waals surface area contributed by atoms with Crippen LogP contribution in [0.1, 0.15) is 43.4 Å². The Kier molecular flexibility index (Phi) is 7.08. The quantitative estimate of drug-likeness (QED) is 0.274. The van der Waals surface area contributed by atoms with Crippen molar-refractivity contribution in [3.05, 3.63) is 119 Å². The van der Waals surface area contributed by atoms with Gasteiger partial charge >= 0.3 is 12.1 Å². The summed E-state index contributed by atoms with van der Waals surface area (Å²) in [4.78, 5) is 44.0. The van der Waals surface area contributed by atoms with Crippen molar-refractivity contribution in [2.24, 2.45) is 5.73 Å². The molecule has 1 aliphatic heterocycles. The van der Waals surface area contributed by atoms with Gasteiger partial charge in [0.15, 0.2) is 0 Å². The lowest BCUT2D eigenvalue weighted by Gasteiger charge is -2.35. The SMILES string of the molecule is NC(=O)C1c2ccc(OC(=O)c3ccccc3-c3ccc(C(F)(F)F)cc3)cc2CCN1C(=O)c1ccncc1. The van der Waals surface area contributed by atoms with Crippen molar-refractivity contribution in [2.45, 2.75) is 18.6 Å². The molecule has 3 aromatic carbocycles. The van der Waals surface area contributed by atoms with E-state index < -0.39 is 29.7 Å². The first-order valence-electron chi connectivity index (χ1n) is 12.3. The van der Waals surface area contributed by atoms with Gasteiger partial charge in [0.05, 0.1) is 11.1 Å². The number of halogens is 3. The number of alkyl halides is 3. The number of carbonyl (C=O) groups excluding carboxylic acids is 3. The van der Waals surface area contributed by atoms with Crippen molar-refractivity contribution < 1.29 is 32.3 Å². The number of aromatic nitrogens is 1. The van der Waals surface area contributed by atoms with Crippen molar-refractivity contribution >= 4 is 17.8 Å². The van der Waals surface area contributed by atoms with E-state index in [0.717, 1.165) is 12.1 Å². The number of amides is 2. The third-order valence-corrected chi connectivity index (χ3v) is 6.68. The number of esters is 1. The van der Waals surface area contributed by atoms with Gasteiger partial charge in [-0.1, -0.05) is 36.4 Å². The second-order valence-electron chi connectivity index (χ2n) is 9.16. The van der Waals surface area contributed by atoms with Crippen LogP contribution in [0.2, 0.25) is 0 Å². The van der Waals surface area contributed by atoms with Crippen LogP contribution >= 0.6 is 0 Å². The zero-order valence-electron chi connectivity index (χ0n) is 20.9. The van der Waals surface area contributed by atoms with E-state index in [1.165, 1.54) is 41.6 Å². The molecule has 0 saturated carbocycles. The van der Waals surface area contributed by atoms with Gasteiger partial charge in [0.1, 0.15) is 11.8 Å². The number of primary amides is 1. The van der Waals surface area contributed by atoms with Crippen molar-refractivity contribution in [2.75, 3.05) is 6.54 Å². The van der Waals surface area contributed by atoms with Gasteiger partial charge in [-0.2, -0.15) is 13.2 Å². The van der Waals surface area contributed by atoms with Gasteiger partial charge in [-0.05, 0) is 71.1 Å². The molecule has 0 aliphatic carbocycles. The van der Waals surface area contributed by atoms with Crippen LogP contribution in [0.5, 0.6) is 5.75 Å². The van der Waals surface area contributed by atoms with Crippen LogP contribution < -0.4 is 10.5 Å². The molecule has 0 fully saturated rings. The molecular formula is C30H22F3N3O4. The Morgan fingerprint density at radius 2 is 1.62 bits per heavy atom. The summed E-state index contributed by atoms with van der Waals surface area (Å²) in [6.07, 6.45) is -1.11. The van der Waals surface area contributed by atoms with Gasteiger partial charge in [-0.25, -0.2) is 4.79 Å². The van der Waals surface area contributed by atoms with Gasteiger partial charge in [0.25, 0.3) is 5.91 Å². The Balaban J connectivity index is 1.39. The third kappa shape index (κ3) is 5.28. The average Bonchev–Trinajstić information content (AvgIpc) is 2.96. The first-order valence-corrected chi connectivity index (χ1v) is 12.3. The van der Waals surface area contributed by atoms with E-state index in [0.29, 0.717) is 34.2 Å². The number of hydrogen-bond donors (Lipinski definition) is 1. The normalized spacial score (nSPS) is 14.8. The molecule has 0 spiro atoms. The molecular weight excluding hydrogens is 523 g/mol. The second-order valence-corrected chi connectivity index (χ2v) is 9.16. The monoisotopic (exact) mass is 545 g/mol. The minimum atomic E-state index is -4.47. The molecule has 202 valence electrons. The molecule has 0 saturated heterocycles. The molecule has 10 heteroatoms. The average molecular weight is 546 g/mol. The lowest BCUT2D eigenvalue weighted by Crippen LogP contribution is -2.45. The maximum Gasteiger partial charge on any atom is 0.416 e.